The van der Waals surface area contributed by atoms with Crippen LogP contribution in [0.2, 0.25) is 0 Å². The van der Waals surface area contributed by atoms with Gasteiger partial charge in [0, 0.05) is 5.54 Å². The molecule has 0 aromatic rings. The minimum Gasteiger partial charge on any atom is -0.391 e. The average molecular weight is 267 g/mol. The van der Waals surface area contributed by atoms with E-state index in [1.807, 2.05) is 0 Å². The van der Waals surface area contributed by atoms with E-state index in [1.165, 1.54) is 70.9 Å². The van der Waals surface area contributed by atoms with Crippen molar-refractivity contribution in [3.8, 4) is 0 Å². The van der Waals surface area contributed by atoms with Crippen LogP contribution in [0.5, 0.6) is 0 Å². The fourth-order valence-corrected chi connectivity index (χ4v) is 4.17. The summed E-state index contributed by atoms with van der Waals surface area (Å²) in [6, 6.07) is 0. The van der Waals surface area contributed by atoms with Gasteiger partial charge in [0.05, 0.1) is 6.10 Å². The van der Waals surface area contributed by atoms with Gasteiger partial charge in [-0.15, -0.1) is 0 Å². The van der Waals surface area contributed by atoms with Gasteiger partial charge in [0.25, 0.3) is 0 Å². The molecule has 2 rings (SSSR count). The molecule has 19 heavy (non-hydrogen) atoms. The molecule has 2 nitrogen and oxygen atoms in total. The van der Waals surface area contributed by atoms with Crippen LogP contribution in [-0.2, 0) is 0 Å². The predicted molar refractivity (Wildman–Crippen MR) is 81.3 cm³/mol. The Balaban J connectivity index is 1.93. The lowest BCUT2D eigenvalue weighted by atomic mass is 9.83. The van der Waals surface area contributed by atoms with Crippen molar-refractivity contribution in [3.63, 3.8) is 0 Å². The van der Waals surface area contributed by atoms with Gasteiger partial charge in [-0.3, -0.25) is 4.90 Å². The lowest BCUT2D eigenvalue weighted by molar-refractivity contribution is -0.0433. The lowest BCUT2D eigenvalue weighted by Gasteiger charge is -2.46. The molecule has 0 spiro atoms. The summed E-state index contributed by atoms with van der Waals surface area (Å²) < 4.78 is 0. The molecule has 1 saturated heterocycles. The third-order valence-electron chi connectivity index (χ3n) is 5.33. The fourth-order valence-electron chi connectivity index (χ4n) is 4.17. The first-order valence-electron chi connectivity index (χ1n) is 8.58. The molecule has 1 aliphatic heterocycles. The molecular formula is C17H33NO. The van der Waals surface area contributed by atoms with Gasteiger partial charge >= 0.3 is 0 Å². The van der Waals surface area contributed by atoms with E-state index >= 15 is 0 Å². The van der Waals surface area contributed by atoms with Crippen molar-refractivity contribution in [3.05, 3.63) is 0 Å². The summed E-state index contributed by atoms with van der Waals surface area (Å²) in [6.07, 6.45) is 12.5. The molecule has 2 fully saturated rings. The second-order valence-corrected chi connectivity index (χ2v) is 7.20. The summed E-state index contributed by atoms with van der Waals surface area (Å²) >= 11 is 0. The fraction of sp³-hybridized carbons (Fsp3) is 1.00. The molecular weight excluding hydrogens is 234 g/mol. The molecule has 2 heteroatoms. The first-order valence-corrected chi connectivity index (χ1v) is 8.58. The lowest BCUT2D eigenvalue weighted by Crippen LogP contribution is -2.56. The van der Waals surface area contributed by atoms with Crippen LogP contribution in [-0.4, -0.2) is 34.7 Å². The van der Waals surface area contributed by atoms with Crippen LogP contribution < -0.4 is 0 Å². The third-order valence-corrected chi connectivity index (χ3v) is 5.33. The van der Waals surface area contributed by atoms with Crippen molar-refractivity contribution < 1.29 is 5.11 Å². The van der Waals surface area contributed by atoms with E-state index in [9.17, 15) is 5.11 Å². The Morgan fingerprint density at radius 3 is 2.16 bits per heavy atom. The van der Waals surface area contributed by atoms with E-state index in [2.05, 4.69) is 18.7 Å². The number of rotatable bonds is 6. The molecule has 1 atom stereocenters. The number of aliphatic hydroxyl groups excluding tert-OH is 1. The van der Waals surface area contributed by atoms with Gasteiger partial charge in [-0.25, -0.2) is 0 Å². The topological polar surface area (TPSA) is 23.5 Å². The highest BCUT2D eigenvalue weighted by atomic mass is 16.3. The number of nitrogens with zero attached hydrogens (tertiary/aromatic N) is 1. The van der Waals surface area contributed by atoms with E-state index in [0.717, 1.165) is 12.3 Å². The van der Waals surface area contributed by atoms with Crippen molar-refractivity contribution in [1.29, 1.82) is 0 Å². The Morgan fingerprint density at radius 1 is 0.947 bits per heavy atom. The maximum Gasteiger partial charge on any atom is 0.0723 e. The van der Waals surface area contributed by atoms with Gasteiger partial charge in [0.1, 0.15) is 0 Å². The van der Waals surface area contributed by atoms with Gasteiger partial charge in [-0.1, -0.05) is 46.0 Å². The molecule has 1 aliphatic carbocycles. The van der Waals surface area contributed by atoms with E-state index in [4.69, 9.17) is 0 Å². The van der Waals surface area contributed by atoms with E-state index in [1.54, 1.807) is 0 Å². The molecule has 0 bridgehead atoms. The summed E-state index contributed by atoms with van der Waals surface area (Å²) in [5, 5.41) is 10.8. The van der Waals surface area contributed by atoms with Crippen LogP contribution in [0.1, 0.15) is 78.1 Å². The normalized spacial score (nSPS) is 25.9. The highest BCUT2D eigenvalue weighted by molar-refractivity contribution is 5.01. The van der Waals surface area contributed by atoms with E-state index in [-0.39, 0.29) is 11.6 Å². The Kier molecular flexibility index (Phi) is 5.70. The maximum absolute atomic E-state index is 10.8. The highest BCUT2D eigenvalue weighted by Crippen LogP contribution is 2.41. The molecule has 0 radical (unpaired) electrons. The van der Waals surface area contributed by atoms with Crippen molar-refractivity contribution in [2.75, 3.05) is 13.1 Å². The van der Waals surface area contributed by atoms with Crippen LogP contribution in [0, 0.1) is 5.92 Å². The molecule has 1 heterocycles. The zero-order valence-electron chi connectivity index (χ0n) is 13.0. The molecule has 0 amide bonds. The van der Waals surface area contributed by atoms with Gasteiger partial charge < -0.3 is 5.11 Å². The number of aliphatic hydroxyl groups is 1. The summed E-state index contributed by atoms with van der Waals surface area (Å²) in [7, 11) is 0. The molecule has 1 saturated carbocycles. The molecule has 1 unspecified atom stereocenters. The van der Waals surface area contributed by atoms with E-state index in [0.29, 0.717) is 0 Å². The monoisotopic (exact) mass is 267 g/mol. The smallest absolute Gasteiger partial charge is 0.0723 e. The Bertz CT molecular complexity index is 252. The number of hydrogen-bond acceptors (Lipinski definition) is 2. The van der Waals surface area contributed by atoms with Gasteiger partial charge in [-0.2, -0.15) is 0 Å². The van der Waals surface area contributed by atoms with Crippen LogP contribution in [0.25, 0.3) is 0 Å². The maximum atomic E-state index is 10.8. The minimum absolute atomic E-state index is 0.0909. The average Bonchev–Trinajstić information content (AvgIpc) is 2.90. The first kappa shape index (κ1) is 15.3. The van der Waals surface area contributed by atoms with Gasteiger partial charge in [0.2, 0.25) is 0 Å². The SMILES string of the molecule is CC(C)CCCC(O)C1(N2CCCCC2)CCCC1. The van der Waals surface area contributed by atoms with Gasteiger partial charge in [0.15, 0.2) is 0 Å². The standard InChI is InChI=1S/C17H33NO/c1-15(2)9-8-10-16(19)17(11-4-5-12-17)18-13-6-3-7-14-18/h15-16,19H,3-14H2,1-2H3. The van der Waals surface area contributed by atoms with E-state index < -0.39 is 0 Å². The minimum atomic E-state index is -0.0909. The van der Waals surface area contributed by atoms with Crippen LogP contribution in [0.3, 0.4) is 0 Å². The molecule has 112 valence electrons. The molecule has 0 aromatic carbocycles. The summed E-state index contributed by atoms with van der Waals surface area (Å²) in [4.78, 5) is 2.66. The Labute approximate surface area is 119 Å². The third kappa shape index (κ3) is 3.72. The quantitative estimate of drug-likeness (QED) is 0.787. The second kappa shape index (κ2) is 7.08. The number of likely N-dealkylation sites (tertiary alicyclic amines) is 1. The van der Waals surface area contributed by atoms with Crippen molar-refractivity contribution in [2.45, 2.75) is 89.7 Å². The first-order chi connectivity index (χ1) is 9.15. The molecule has 0 aromatic heterocycles. The number of piperidine rings is 1. The van der Waals surface area contributed by atoms with Gasteiger partial charge in [-0.05, 0) is 51.1 Å². The van der Waals surface area contributed by atoms with Crippen molar-refractivity contribution in [1.82, 2.24) is 4.90 Å². The van der Waals surface area contributed by atoms with Crippen LogP contribution in [0.4, 0.5) is 0 Å². The number of hydrogen-bond donors (Lipinski definition) is 1. The second-order valence-electron chi connectivity index (χ2n) is 7.20. The van der Waals surface area contributed by atoms with Crippen molar-refractivity contribution >= 4 is 0 Å². The summed E-state index contributed by atoms with van der Waals surface area (Å²) in [5.41, 5.74) is 0.150. The Morgan fingerprint density at radius 2 is 1.58 bits per heavy atom. The molecule has 1 N–H and O–H groups in total. The molecule has 2 aliphatic rings. The summed E-state index contributed by atoms with van der Waals surface area (Å²) in [5.74, 6) is 0.765. The van der Waals surface area contributed by atoms with Crippen LogP contribution >= 0.6 is 0 Å². The summed E-state index contributed by atoms with van der Waals surface area (Å²) in [6.45, 7) is 7.01. The zero-order valence-corrected chi connectivity index (χ0v) is 13.0. The van der Waals surface area contributed by atoms with Crippen LogP contribution in [0.15, 0.2) is 0 Å². The predicted octanol–water partition coefficient (Wildman–Crippen LogP) is 3.97. The Hall–Kier alpha value is -0.0800. The largest absolute Gasteiger partial charge is 0.391 e. The van der Waals surface area contributed by atoms with Crippen molar-refractivity contribution in [2.24, 2.45) is 5.92 Å². The zero-order chi connectivity index (χ0) is 13.7. The highest BCUT2D eigenvalue weighted by Gasteiger charge is 2.45.